The molecule has 0 fully saturated rings. The van der Waals surface area contributed by atoms with E-state index in [1.54, 1.807) is 6.92 Å². The third-order valence-corrected chi connectivity index (χ3v) is 1.61. The molecule has 0 amide bonds. The van der Waals surface area contributed by atoms with Crippen molar-refractivity contribution < 1.29 is 4.79 Å². The van der Waals surface area contributed by atoms with Gasteiger partial charge in [0, 0.05) is 5.41 Å². The summed E-state index contributed by atoms with van der Waals surface area (Å²) >= 11 is 0. The highest BCUT2D eigenvalue weighted by Gasteiger charge is 2.26. The van der Waals surface area contributed by atoms with Gasteiger partial charge in [0.25, 0.3) is 0 Å². The summed E-state index contributed by atoms with van der Waals surface area (Å²) in [6.07, 6.45) is 0. The third kappa shape index (κ3) is 4.62. The number of carbonyl (C=O) groups excluding carboxylic acids is 1. The van der Waals surface area contributed by atoms with Gasteiger partial charge in [-0.3, -0.25) is 9.79 Å². The molecule has 4 N–H and O–H groups in total. The Bertz CT molecular complexity index is 211. The predicted molar refractivity (Wildman–Crippen MR) is 54.6 cm³/mol. The van der Waals surface area contributed by atoms with Crippen molar-refractivity contribution in [1.82, 2.24) is 0 Å². The van der Waals surface area contributed by atoms with Crippen molar-refractivity contribution in [2.24, 2.45) is 21.9 Å². The standard InChI is InChI=1S/C9H19N3O/c1-6(10)12-5-7(11)8(13)9(2,3)4/h7H,5,11H2,1-4H3,(H2,10,12). The number of aliphatic imine (C=N–C) groups is 1. The molecular weight excluding hydrogens is 166 g/mol. The molecule has 76 valence electrons. The van der Waals surface area contributed by atoms with Crippen LogP contribution < -0.4 is 11.5 Å². The molecule has 0 spiro atoms. The molecule has 0 rings (SSSR count). The smallest absolute Gasteiger partial charge is 0.156 e. The van der Waals surface area contributed by atoms with Crippen LogP contribution >= 0.6 is 0 Å². The van der Waals surface area contributed by atoms with Crippen LogP contribution in [0.3, 0.4) is 0 Å². The van der Waals surface area contributed by atoms with Gasteiger partial charge in [-0.15, -0.1) is 0 Å². The molecule has 0 aromatic carbocycles. The van der Waals surface area contributed by atoms with Gasteiger partial charge in [0.2, 0.25) is 0 Å². The Balaban J connectivity index is 4.21. The van der Waals surface area contributed by atoms with E-state index in [1.807, 2.05) is 20.8 Å². The fourth-order valence-electron chi connectivity index (χ4n) is 0.881. The zero-order chi connectivity index (χ0) is 10.6. The van der Waals surface area contributed by atoms with Crippen molar-refractivity contribution >= 4 is 11.6 Å². The SMILES string of the molecule is CC(N)=NCC(N)C(=O)C(C)(C)C. The number of carbonyl (C=O) groups is 1. The fraction of sp³-hybridized carbons (Fsp3) is 0.778. The lowest BCUT2D eigenvalue weighted by molar-refractivity contribution is -0.127. The molecule has 0 aliphatic carbocycles. The number of nitrogens with two attached hydrogens (primary N) is 2. The molecule has 0 aromatic rings. The molecule has 0 heterocycles. The quantitative estimate of drug-likeness (QED) is 0.490. The van der Waals surface area contributed by atoms with Crippen molar-refractivity contribution in [2.75, 3.05) is 6.54 Å². The Morgan fingerprint density at radius 2 is 1.92 bits per heavy atom. The van der Waals surface area contributed by atoms with Crippen molar-refractivity contribution in [2.45, 2.75) is 33.7 Å². The molecule has 0 saturated carbocycles. The lowest BCUT2D eigenvalue weighted by atomic mass is 9.87. The summed E-state index contributed by atoms with van der Waals surface area (Å²) in [5.74, 6) is 0.467. The minimum Gasteiger partial charge on any atom is -0.388 e. The lowest BCUT2D eigenvalue weighted by Crippen LogP contribution is -2.41. The molecule has 0 aromatic heterocycles. The number of nitrogens with zero attached hydrogens (tertiary/aromatic N) is 1. The minimum atomic E-state index is -0.543. The normalized spacial score (nSPS) is 15.6. The first-order valence-electron chi connectivity index (χ1n) is 4.31. The predicted octanol–water partition coefficient (Wildman–Crippen LogP) is 0.306. The molecule has 4 nitrogen and oxygen atoms in total. The van der Waals surface area contributed by atoms with Gasteiger partial charge in [-0.05, 0) is 6.92 Å². The molecule has 0 saturated heterocycles. The van der Waals surface area contributed by atoms with E-state index < -0.39 is 11.5 Å². The van der Waals surface area contributed by atoms with Crippen LogP contribution in [0.2, 0.25) is 0 Å². The fourth-order valence-corrected chi connectivity index (χ4v) is 0.881. The van der Waals surface area contributed by atoms with Crippen LogP contribution in [0.4, 0.5) is 0 Å². The summed E-state index contributed by atoms with van der Waals surface area (Å²) < 4.78 is 0. The summed E-state index contributed by atoms with van der Waals surface area (Å²) in [4.78, 5) is 15.4. The van der Waals surface area contributed by atoms with Gasteiger partial charge >= 0.3 is 0 Å². The number of amidine groups is 1. The van der Waals surface area contributed by atoms with Gasteiger partial charge in [-0.1, -0.05) is 20.8 Å². The maximum Gasteiger partial charge on any atom is 0.156 e. The molecule has 0 radical (unpaired) electrons. The van der Waals surface area contributed by atoms with Crippen LogP contribution in [0.1, 0.15) is 27.7 Å². The summed E-state index contributed by atoms with van der Waals surface area (Å²) in [6.45, 7) is 7.48. The van der Waals surface area contributed by atoms with Gasteiger partial charge in [0.15, 0.2) is 5.78 Å². The molecule has 1 atom stereocenters. The maximum atomic E-state index is 11.5. The summed E-state index contributed by atoms with van der Waals surface area (Å²) in [6, 6.07) is -0.543. The third-order valence-electron chi connectivity index (χ3n) is 1.61. The Morgan fingerprint density at radius 3 is 2.23 bits per heavy atom. The van der Waals surface area contributed by atoms with E-state index in [0.29, 0.717) is 5.84 Å². The minimum absolute atomic E-state index is 0.0116. The summed E-state index contributed by atoms with van der Waals surface area (Å²) in [5, 5.41) is 0. The first-order chi connectivity index (χ1) is 5.75. The summed E-state index contributed by atoms with van der Waals surface area (Å²) in [7, 11) is 0. The number of Topliss-reactive ketones (excluding diaryl/α,β-unsaturated/α-hetero) is 1. The van der Waals surface area contributed by atoms with E-state index in [-0.39, 0.29) is 12.3 Å². The second kappa shape index (κ2) is 4.37. The molecule has 0 aliphatic heterocycles. The second-order valence-corrected chi connectivity index (χ2v) is 4.20. The number of ketones is 1. The number of hydrogen-bond donors (Lipinski definition) is 2. The molecule has 4 heteroatoms. The van der Waals surface area contributed by atoms with E-state index in [2.05, 4.69) is 4.99 Å². The average molecular weight is 185 g/mol. The maximum absolute atomic E-state index is 11.5. The van der Waals surface area contributed by atoms with Crippen molar-refractivity contribution in [3.63, 3.8) is 0 Å². The van der Waals surface area contributed by atoms with Crippen LogP contribution in [0.25, 0.3) is 0 Å². The van der Waals surface area contributed by atoms with Crippen LogP contribution in [0.15, 0.2) is 4.99 Å². The van der Waals surface area contributed by atoms with Gasteiger partial charge < -0.3 is 11.5 Å². The Labute approximate surface area is 79.4 Å². The highest BCUT2D eigenvalue weighted by molar-refractivity contribution is 5.89. The first kappa shape index (κ1) is 12.1. The largest absolute Gasteiger partial charge is 0.388 e. The van der Waals surface area contributed by atoms with E-state index in [0.717, 1.165) is 0 Å². The average Bonchev–Trinajstić information content (AvgIpc) is 1.96. The topological polar surface area (TPSA) is 81.5 Å². The lowest BCUT2D eigenvalue weighted by Gasteiger charge is -2.20. The van der Waals surface area contributed by atoms with Crippen molar-refractivity contribution in [1.29, 1.82) is 0 Å². The monoisotopic (exact) mass is 185 g/mol. The van der Waals surface area contributed by atoms with Crippen LogP contribution in [-0.2, 0) is 4.79 Å². The number of rotatable bonds is 3. The molecule has 0 aliphatic rings. The van der Waals surface area contributed by atoms with Gasteiger partial charge in [-0.2, -0.15) is 0 Å². The highest BCUT2D eigenvalue weighted by Crippen LogP contribution is 2.15. The van der Waals surface area contributed by atoms with E-state index in [4.69, 9.17) is 11.5 Å². The molecule has 0 bridgehead atoms. The summed E-state index contributed by atoms with van der Waals surface area (Å²) in [5.41, 5.74) is 10.6. The zero-order valence-electron chi connectivity index (χ0n) is 8.79. The van der Waals surface area contributed by atoms with Crippen molar-refractivity contribution in [3.8, 4) is 0 Å². The molecular formula is C9H19N3O. The van der Waals surface area contributed by atoms with E-state index >= 15 is 0 Å². The Morgan fingerprint density at radius 1 is 1.46 bits per heavy atom. The highest BCUT2D eigenvalue weighted by atomic mass is 16.1. The Hall–Kier alpha value is -0.900. The van der Waals surface area contributed by atoms with Crippen LogP contribution in [0.5, 0.6) is 0 Å². The van der Waals surface area contributed by atoms with Gasteiger partial charge in [0.1, 0.15) is 0 Å². The molecule has 1 unspecified atom stereocenters. The van der Waals surface area contributed by atoms with Gasteiger partial charge in [0.05, 0.1) is 18.4 Å². The van der Waals surface area contributed by atoms with E-state index in [1.165, 1.54) is 0 Å². The van der Waals surface area contributed by atoms with Crippen molar-refractivity contribution in [3.05, 3.63) is 0 Å². The van der Waals surface area contributed by atoms with Gasteiger partial charge in [-0.25, -0.2) is 0 Å². The zero-order valence-corrected chi connectivity index (χ0v) is 8.79. The second-order valence-electron chi connectivity index (χ2n) is 4.20. The number of hydrogen-bond acceptors (Lipinski definition) is 3. The Kier molecular flexibility index (Phi) is 4.07. The molecule has 13 heavy (non-hydrogen) atoms. The van der Waals surface area contributed by atoms with Crippen LogP contribution in [0, 0.1) is 5.41 Å². The first-order valence-corrected chi connectivity index (χ1v) is 4.31. The van der Waals surface area contributed by atoms with Crippen LogP contribution in [-0.4, -0.2) is 24.2 Å². The van der Waals surface area contributed by atoms with E-state index in [9.17, 15) is 4.79 Å².